The van der Waals surface area contributed by atoms with Crippen LogP contribution in [-0.4, -0.2) is 52.5 Å². The van der Waals surface area contributed by atoms with Gasteiger partial charge < -0.3 is 10.1 Å². The van der Waals surface area contributed by atoms with E-state index in [1.165, 1.54) is 40.6 Å². The lowest BCUT2D eigenvalue weighted by atomic mass is 10.2. The molecule has 11 heteroatoms. The van der Waals surface area contributed by atoms with E-state index >= 15 is 0 Å². The van der Waals surface area contributed by atoms with Gasteiger partial charge in [0.05, 0.1) is 12.8 Å². The van der Waals surface area contributed by atoms with E-state index in [9.17, 15) is 13.2 Å². The topological polar surface area (TPSA) is 119 Å². The largest absolute Gasteiger partial charge is 0.495 e. The lowest BCUT2D eigenvalue weighted by Crippen LogP contribution is -2.31. The molecule has 0 atom stereocenters. The van der Waals surface area contributed by atoms with Crippen LogP contribution in [0.3, 0.4) is 0 Å². The number of amides is 1. The lowest BCUT2D eigenvalue weighted by molar-refractivity contribution is 0.102. The molecular formula is C24H24N6O4S. The third-order valence-corrected chi connectivity index (χ3v) is 7.28. The molecule has 1 N–H and O–H groups in total. The van der Waals surface area contributed by atoms with Gasteiger partial charge in [-0.05, 0) is 58.5 Å². The van der Waals surface area contributed by atoms with E-state index in [-0.39, 0.29) is 29.3 Å². The molecule has 0 bridgehead atoms. The summed E-state index contributed by atoms with van der Waals surface area (Å²) < 4.78 is 35.2. The Labute approximate surface area is 203 Å². The first-order valence-electron chi connectivity index (χ1n) is 10.8. The van der Waals surface area contributed by atoms with Crippen LogP contribution >= 0.6 is 0 Å². The number of benzene rings is 3. The summed E-state index contributed by atoms with van der Waals surface area (Å²) in [5.74, 6) is -0.288. The summed E-state index contributed by atoms with van der Waals surface area (Å²) in [5.41, 5.74) is 2.30. The number of ether oxygens (including phenoxy) is 1. The molecule has 0 fully saturated rings. The van der Waals surface area contributed by atoms with Gasteiger partial charge in [-0.1, -0.05) is 37.3 Å². The summed E-state index contributed by atoms with van der Waals surface area (Å²) >= 11 is 0. The van der Waals surface area contributed by atoms with Gasteiger partial charge >= 0.3 is 0 Å². The van der Waals surface area contributed by atoms with Crippen molar-refractivity contribution in [3.8, 4) is 11.4 Å². The average molecular weight is 493 g/mol. The number of aromatic nitrogens is 4. The van der Waals surface area contributed by atoms with Crippen molar-refractivity contribution >= 4 is 21.6 Å². The van der Waals surface area contributed by atoms with E-state index in [0.717, 1.165) is 11.3 Å². The molecule has 10 nitrogen and oxygen atoms in total. The quantitative estimate of drug-likeness (QED) is 0.381. The van der Waals surface area contributed by atoms with Crippen molar-refractivity contribution in [2.75, 3.05) is 19.0 Å². The first-order valence-corrected chi connectivity index (χ1v) is 12.2. The van der Waals surface area contributed by atoms with Crippen LogP contribution in [0.15, 0.2) is 84.0 Å². The molecule has 0 aliphatic rings. The molecule has 3 aromatic carbocycles. The van der Waals surface area contributed by atoms with Crippen LogP contribution in [0.2, 0.25) is 0 Å². The van der Waals surface area contributed by atoms with Crippen LogP contribution in [0.4, 0.5) is 5.69 Å². The predicted molar refractivity (Wildman–Crippen MR) is 130 cm³/mol. The number of anilines is 1. The fourth-order valence-corrected chi connectivity index (χ4v) is 5.11. The van der Waals surface area contributed by atoms with Gasteiger partial charge in [0.2, 0.25) is 10.0 Å². The second kappa shape index (κ2) is 10.5. The molecule has 1 aromatic heterocycles. The maximum Gasteiger partial charge on any atom is 0.255 e. The fraction of sp³-hybridized carbons (Fsp3) is 0.167. The number of tetrazole rings is 1. The Morgan fingerprint density at radius 2 is 1.80 bits per heavy atom. The molecule has 0 spiro atoms. The molecule has 4 rings (SSSR count). The number of rotatable bonds is 9. The van der Waals surface area contributed by atoms with Crippen molar-refractivity contribution in [3.63, 3.8) is 0 Å². The zero-order valence-corrected chi connectivity index (χ0v) is 20.0. The summed E-state index contributed by atoms with van der Waals surface area (Å²) in [6.07, 6.45) is 1.46. The number of carbonyl (C=O) groups is 1. The Kier molecular flexibility index (Phi) is 7.18. The third-order valence-electron chi connectivity index (χ3n) is 5.34. The fourth-order valence-electron chi connectivity index (χ4n) is 3.49. The molecule has 4 aromatic rings. The SMILES string of the molecule is CCN(Cc1ccccc1)S(=O)(=O)c1cc(C(=O)Nc2ccc(-n3cnnn3)cc2)ccc1OC. The smallest absolute Gasteiger partial charge is 0.255 e. The third kappa shape index (κ3) is 5.36. The number of carbonyl (C=O) groups excluding carboxylic acids is 1. The molecule has 0 radical (unpaired) electrons. The number of hydrogen-bond acceptors (Lipinski definition) is 7. The first kappa shape index (κ1) is 24.0. The molecule has 0 saturated carbocycles. The van der Waals surface area contributed by atoms with E-state index in [4.69, 9.17) is 4.74 Å². The number of nitrogens with one attached hydrogen (secondary N) is 1. The van der Waals surface area contributed by atoms with Crippen LogP contribution in [-0.2, 0) is 16.6 Å². The number of hydrogen-bond donors (Lipinski definition) is 1. The predicted octanol–water partition coefficient (Wildman–Crippen LogP) is 3.13. The van der Waals surface area contributed by atoms with Gasteiger partial charge in [-0.25, -0.2) is 13.1 Å². The standard InChI is InChI=1S/C24H24N6O4S/c1-3-29(16-18-7-5-4-6-8-18)35(32,33)23-15-19(9-14-22(23)34-2)24(31)26-20-10-12-21(13-11-20)30-17-25-27-28-30/h4-15,17H,3,16H2,1-2H3,(H,26,31). The molecule has 0 saturated heterocycles. The van der Waals surface area contributed by atoms with Gasteiger partial charge in [-0.2, -0.15) is 4.31 Å². The Morgan fingerprint density at radius 3 is 2.43 bits per heavy atom. The number of methoxy groups -OCH3 is 1. The van der Waals surface area contributed by atoms with Crippen LogP contribution in [0.25, 0.3) is 5.69 Å². The highest BCUT2D eigenvalue weighted by atomic mass is 32.2. The van der Waals surface area contributed by atoms with Crippen LogP contribution in [0.5, 0.6) is 5.75 Å². The van der Waals surface area contributed by atoms with E-state index in [1.54, 1.807) is 31.2 Å². The van der Waals surface area contributed by atoms with E-state index in [2.05, 4.69) is 20.8 Å². The average Bonchev–Trinajstić information content (AvgIpc) is 3.43. The van der Waals surface area contributed by atoms with Gasteiger partial charge in [0.1, 0.15) is 17.0 Å². The van der Waals surface area contributed by atoms with Gasteiger partial charge in [0, 0.05) is 24.3 Å². The monoisotopic (exact) mass is 492 g/mol. The van der Waals surface area contributed by atoms with E-state index in [1.807, 2.05) is 30.3 Å². The Hall–Kier alpha value is -4.09. The molecule has 0 unspecified atom stereocenters. The van der Waals surface area contributed by atoms with Gasteiger partial charge in [0.25, 0.3) is 5.91 Å². The highest BCUT2D eigenvalue weighted by Gasteiger charge is 2.28. The second-order valence-corrected chi connectivity index (χ2v) is 9.44. The summed E-state index contributed by atoms with van der Waals surface area (Å²) in [6, 6.07) is 20.6. The zero-order valence-electron chi connectivity index (χ0n) is 19.2. The maximum atomic E-state index is 13.5. The zero-order chi connectivity index (χ0) is 24.8. The minimum atomic E-state index is -3.94. The second-order valence-electron chi connectivity index (χ2n) is 7.54. The van der Waals surface area contributed by atoms with Gasteiger partial charge in [-0.3, -0.25) is 4.79 Å². The molecular weight excluding hydrogens is 468 g/mol. The molecule has 0 aliphatic carbocycles. The Bertz CT molecular complexity index is 1390. The molecule has 35 heavy (non-hydrogen) atoms. The summed E-state index contributed by atoms with van der Waals surface area (Å²) in [7, 11) is -2.55. The van der Waals surface area contributed by atoms with Crippen molar-refractivity contribution in [2.24, 2.45) is 0 Å². The molecule has 1 amide bonds. The number of sulfonamides is 1. The maximum absolute atomic E-state index is 13.5. The Balaban J connectivity index is 1.58. The highest BCUT2D eigenvalue weighted by Crippen LogP contribution is 2.29. The highest BCUT2D eigenvalue weighted by molar-refractivity contribution is 7.89. The van der Waals surface area contributed by atoms with Crippen LogP contribution in [0.1, 0.15) is 22.8 Å². The van der Waals surface area contributed by atoms with Crippen molar-refractivity contribution in [1.29, 1.82) is 0 Å². The number of nitrogens with zero attached hydrogens (tertiary/aromatic N) is 5. The minimum Gasteiger partial charge on any atom is -0.495 e. The summed E-state index contributed by atoms with van der Waals surface area (Å²) in [6.45, 7) is 2.22. The summed E-state index contributed by atoms with van der Waals surface area (Å²) in [4.78, 5) is 12.9. The molecule has 180 valence electrons. The van der Waals surface area contributed by atoms with Crippen molar-refractivity contribution in [3.05, 3.63) is 90.3 Å². The minimum absolute atomic E-state index is 0.0699. The van der Waals surface area contributed by atoms with Crippen LogP contribution in [0, 0.1) is 0 Å². The summed E-state index contributed by atoms with van der Waals surface area (Å²) in [5, 5.41) is 13.8. The Morgan fingerprint density at radius 1 is 1.06 bits per heavy atom. The molecule has 1 heterocycles. The van der Waals surface area contributed by atoms with E-state index < -0.39 is 15.9 Å². The van der Waals surface area contributed by atoms with Crippen molar-refractivity contribution in [2.45, 2.75) is 18.4 Å². The first-order chi connectivity index (χ1) is 16.9. The van der Waals surface area contributed by atoms with E-state index in [0.29, 0.717) is 5.69 Å². The van der Waals surface area contributed by atoms with Gasteiger partial charge in [-0.15, -0.1) is 5.10 Å². The lowest BCUT2D eigenvalue weighted by Gasteiger charge is -2.22. The molecule has 0 aliphatic heterocycles. The van der Waals surface area contributed by atoms with Gasteiger partial charge in [0.15, 0.2) is 0 Å². The van der Waals surface area contributed by atoms with Crippen LogP contribution < -0.4 is 10.1 Å². The normalized spacial score (nSPS) is 11.4. The van der Waals surface area contributed by atoms with Crippen molar-refractivity contribution < 1.29 is 17.9 Å². The van der Waals surface area contributed by atoms with Crippen molar-refractivity contribution in [1.82, 2.24) is 24.5 Å².